The molecule has 0 aromatic carbocycles. The predicted molar refractivity (Wildman–Crippen MR) is 55.0 cm³/mol. The average Bonchev–Trinajstić information content (AvgIpc) is 2.17. The molecule has 1 rings (SSSR count). The third-order valence-electron chi connectivity index (χ3n) is 1.69. The minimum atomic E-state index is -3.86. The van der Waals surface area contributed by atoms with Crippen LogP contribution in [0.1, 0.15) is 6.92 Å². The lowest BCUT2D eigenvalue weighted by molar-refractivity contribution is 0.592. The predicted octanol–water partition coefficient (Wildman–Crippen LogP) is 0.803. The first-order valence-electron chi connectivity index (χ1n) is 3.91. The van der Waals surface area contributed by atoms with Crippen LogP contribution in [0.4, 0.5) is 0 Å². The van der Waals surface area contributed by atoms with Gasteiger partial charge in [0.05, 0.1) is 5.75 Å². The Bertz CT molecular complexity index is 547. The Hall–Kier alpha value is -0.660. The SMILES string of the molecule is CCS(=O)(=O)c1ccc(S(=O)(=O)Cl)cn1. The molecule has 0 atom stereocenters. The Morgan fingerprint density at radius 2 is 1.87 bits per heavy atom. The van der Waals surface area contributed by atoms with Crippen molar-refractivity contribution in [2.45, 2.75) is 16.8 Å². The van der Waals surface area contributed by atoms with Crippen LogP contribution in [-0.2, 0) is 18.9 Å². The zero-order valence-corrected chi connectivity index (χ0v) is 10.1. The maximum atomic E-state index is 11.3. The average molecular weight is 270 g/mol. The number of hydrogen-bond acceptors (Lipinski definition) is 5. The van der Waals surface area contributed by atoms with E-state index in [4.69, 9.17) is 10.7 Å². The van der Waals surface area contributed by atoms with E-state index >= 15 is 0 Å². The minimum absolute atomic E-state index is 0.0903. The number of halogens is 1. The highest BCUT2D eigenvalue weighted by Gasteiger charge is 2.15. The standard InChI is InChI=1S/C7H8ClNO4S2/c1-2-14(10,11)7-4-3-6(5-9-7)15(8,12)13/h3-5H,2H2,1H3. The monoisotopic (exact) mass is 269 g/mol. The minimum Gasteiger partial charge on any atom is -0.243 e. The summed E-state index contributed by atoms with van der Waals surface area (Å²) in [7, 11) is -2.22. The summed E-state index contributed by atoms with van der Waals surface area (Å²) in [5, 5.41) is -0.158. The van der Waals surface area contributed by atoms with Crippen LogP contribution in [0.5, 0.6) is 0 Å². The number of nitrogens with zero attached hydrogens (tertiary/aromatic N) is 1. The molecule has 0 N–H and O–H groups in total. The summed E-state index contributed by atoms with van der Waals surface area (Å²) in [6.45, 7) is 1.48. The first kappa shape index (κ1) is 12.4. The number of aromatic nitrogens is 1. The normalized spacial score (nSPS) is 12.7. The van der Waals surface area contributed by atoms with Crippen LogP contribution in [0.15, 0.2) is 28.3 Å². The van der Waals surface area contributed by atoms with Gasteiger partial charge in [0.15, 0.2) is 14.9 Å². The van der Waals surface area contributed by atoms with Crippen molar-refractivity contribution >= 4 is 29.6 Å². The van der Waals surface area contributed by atoms with Crippen molar-refractivity contribution in [3.8, 4) is 0 Å². The zero-order valence-electron chi connectivity index (χ0n) is 7.71. The van der Waals surface area contributed by atoms with E-state index in [0.717, 1.165) is 18.3 Å². The van der Waals surface area contributed by atoms with E-state index in [2.05, 4.69) is 4.98 Å². The van der Waals surface area contributed by atoms with Gasteiger partial charge in [-0.05, 0) is 12.1 Å². The number of rotatable bonds is 3. The highest BCUT2D eigenvalue weighted by atomic mass is 35.7. The van der Waals surface area contributed by atoms with Crippen molar-refractivity contribution in [2.24, 2.45) is 0 Å². The first-order valence-corrected chi connectivity index (χ1v) is 7.87. The van der Waals surface area contributed by atoms with Crippen LogP contribution >= 0.6 is 10.7 Å². The largest absolute Gasteiger partial charge is 0.262 e. The fraction of sp³-hybridized carbons (Fsp3) is 0.286. The van der Waals surface area contributed by atoms with Crippen LogP contribution in [0.25, 0.3) is 0 Å². The van der Waals surface area contributed by atoms with Crippen molar-refractivity contribution in [3.63, 3.8) is 0 Å². The molecule has 15 heavy (non-hydrogen) atoms. The van der Waals surface area contributed by atoms with Gasteiger partial charge >= 0.3 is 0 Å². The Morgan fingerprint density at radius 3 is 2.20 bits per heavy atom. The molecule has 0 aliphatic carbocycles. The molecule has 0 saturated carbocycles. The quantitative estimate of drug-likeness (QED) is 0.758. The molecular formula is C7H8ClNO4S2. The molecule has 0 bridgehead atoms. The molecule has 1 aromatic rings. The van der Waals surface area contributed by atoms with Crippen LogP contribution in [0.3, 0.4) is 0 Å². The van der Waals surface area contributed by atoms with E-state index in [1.165, 1.54) is 6.92 Å². The zero-order chi connectivity index (χ0) is 11.7. The van der Waals surface area contributed by atoms with E-state index < -0.39 is 18.9 Å². The summed E-state index contributed by atoms with van der Waals surface area (Å²) in [5.74, 6) is -0.0903. The van der Waals surface area contributed by atoms with Crippen LogP contribution < -0.4 is 0 Å². The highest BCUT2D eigenvalue weighted by molar-refractivity contribution is 8.13. The second-order valence-electron chi connectivity index (χ2n) is 2.67. The fourth-order valence-electron chi connectivity index (χ4n) is 0.843. The van der Waals surface area contributed by atoms with Gasteiger partial charge in [-0.2, -0.15) is 0 Å². The highest BCUT2D eigenvalue weighted by Crippen LogP contribution is 2.15. The van der Waals surface area contributed by atoms with Gasteiger partial charge in [-0.15, -0.1) is 0 Å². The van der Waals surface area contributed by atoms with Crippen LogP contribution in [0.2, 0.25) is 0 Å². The summed E-state index contributed by atoms with van der Waals surface area (Å²) >= 11 is 0. The molecular weight excluding hydrogens is 262 g/mol. The molecule has 84 valence electrons. The molecule has 0 unspecified atom stereocenters. The molecule has 0 aliphatic rings. The van der Waals surface area contributed by atoms with Crippen molar-refractivity contribution < 1.29 is 16.8 Å². The van der Waals surface area contributed by atoms with Crippen LogP contribution in [-0.4, -0.2) is 27.6 Å². The Kier molecular flexibility index (Phi) is 3.37. The van der Waals surface area contributed by atoms with E-state index in [-0.39, 0.29) is 15.7 Å². The molecule has 0 aliphatic heterocycles. The van der Waals surface area contributed by atoms with Gasteiger partial charge in [0.1, 0.15) is 4.90 Å². The van der Waals surface area contributed by atoms with Crippen LogP contribution in [0, 0.1) is 0 Å². The summed E-state index contributed by atoms with van der Waals surface area (Å²) in [5.41, 5.74) is 0. The Labute approximate surface area is 92.4 Å². The van der Waals surface area contributed by atoms with Gasteiger partial charge in [0.25, 0.3) is 9.05 Å². The maximum absolute atomic E-state index is 11.3. The molecule has 0 saturated heterocycles. The van der Waals surface area contributed by atoms with E-state index in [1.54, 1.807) is 0 Å². The molecule has 0 radical (unpaired) electrons. The van der Waals surface area contributed by atoms with E-state index in [0.29, 0.717) is 0 Å². The molecule has 5 nitrogen and oxygen atoms in total. The van der Waals surface area contributed by atoms with E-state index in [9.17, 15) is 16.8 Å². The summed E-state index contributed by atoms with van der Waals surface area (Å²) in [4.78, 5) is 3.31. The lowest BCUT2D eigenvalue weighted by Gasteiger charge is -2.00. The lowest BCUT2D eigenvalue weighted by Crippen LogP contribution is -2.06. The summed E-state index contributed by atoms with van der Waals surface area (Å²) in [6.07, 6.45) is 0.922. The second kappa shape index (κ2) is 4.07. The smallest absolute Gasteiger partial charge is 0.243 e. The fourth-order valence-corrected chi connectivity index (χ4v) is 2.31. The maximum Gasteiger partial charge on any atom is 0.262 e. The first-order chi connectivity index (χ1) is 6.77. The molecule has 0 spiro atoms. The molecule has 1 heterocycles. The van der Waals surface area contributed by atoms with Gasteiger partial charge < -0.3 is 0 Å². The van der Waals surface area contributed by atoms with Crippen molar-refractivity contribution in [3.05, 3.63) is 18.3 Å². The Balaban J connectivity index is 3.24. The molecule has 0 fully saturated rings. The van der Waals surface area contributed by atoms with E-state index in [1.807, 2.05) is 0 Å². The summed E-state index contributed by atoms with van der Waals surface area (Å²) in [6, 6.07) is 2.23. The summed E-state index contributed by atoms with van der Waals surface area (Å²) < 4.78 is 44.3. The number of sulfone groups is 1. The van der Waals surface area contributed by atoms with Crippen molar-refractivity contribution in [1.29, 1.82) is 0 Å². The third kappa shape index (κ3) is 2.90. The second-order valence-corrected chi connectivity index (χ2v) is 7.46. The lowest BCUT2D eigenvalue weighted by atomic mass is 10.5. The number of hydrogen-bond donors (Lipinski definition) is 0. The van der Waals surface area contributed by atoms with Crippen molar-refractivity contribution in [1.82, 2.24) is 4.98 Å². The molecule has 0 amide bonds. The topological polar surface area (TPSA) is 81.2 Å². The van der Waals surface area contributed by atoms with Gasteiger partial charge in [-0.1, -0.05) is 6.92 Å². The molecule has 8 heteroatoms. The van der Waals surface area contributed by atoms with Gasteiger partial charge in [0, 0.05) is 16.9 Å². The van der Waals surface area contributed by atoms with Gasteiger partial charge in [-0.3, -0.25) is 0 Å². The van der Waals surface area contributed by atoms with Gasteiger partial charge in [-0.25, -0.2) is 21.8 Å². The number of pyridine rings is 1. The van der Waals surface area contributed by atoms with Gasteiger partial charge in [0.2, 0.25) is 0 Å². The third-order valence-corrected chi connectivity index (χ3v) is 4.67. The Morgan fingerprint density at radius 1 is 1.27 bits per heavy atom. The van der Waals surface area contributed by atoms with Crippen molar-refractivity contribution in [2.75, 3.05) is 5.75 Å². The molecule has 1 aromatic heterocycles.